The Morgan fingerprint density at radius 2 is 1.91 bits per heavy atom. The first-order valence-electron chi connectivity index (χ1n) is 7.28. The van der Waals surface area contributed by atoms with Gasteiger partial charge in [-0.1, -0.05) is 35.5 Å². The second-order valence-corrected chi connectivity index (χ2v) is 7.11. The van der Waals surface area contributed by atoms with Crippen LogP contribution >= 0.6 is 23.4 Å². The van der Waals surface area contributed by atoms with Crippen molar-refractivity contribution in [2.45, 2.75) is 16.2 Å². The van der Waals surface area contributed by atoms with Crippen molar-refractivity contribution in [1.82, 2.24) is 4.90 Å². The lowest BCUT2D eigenvalue weighted by Gasteiger charge is -2.33. The average molecular weight is 335 g/mol. The molecule has 0 unspecified atom stereocenters. The van der Waals surface area contributed by atoms with Crippen LogP contribution in [0, 0.1) is 0 Å². The van der Waals surface area contributed by atoms with Crippen LogP contribution in [0.4, 0.5) is 11.4 Å². The number of hydrogen-bond acceptors (Lipinski definition) is 4. The van der Waals surface area contributed by atoms with Gasteiger partial charge >= 0.3 is 0 Å². The first kappa shape index (κ1) is 15.5. The van der Waals surface area contributed by atoms with Crippen LogP contribution in [0.15, 0.2) is 46.2 Å². The molecule has 1 N–H and O–H groups in total. The molecule has 0 fully saturated rings. The summed E-state index contributed by atoms with van der Waals surface area (Å²) in [4.78, 5) is 6.61. The fraction of sp³-hybridized carbons (Fsp3) is 0.294. The Balaban J connectivity index is 2.01. The molecule has 0 bridgehead atoms. The van der Waals surface area contributed by atoms with E-state index < -0.39 is 0 Å². The van der Waals surface area contributed by atoms with Gasteiger partial charge in [0.15, 0.2) is 5.75 Å². The highest BCUT2D eigenvalue weighted by molar-refractivity contribution is 7.99. The predicted molar refractivity (Wildman–Crippen MR) is 93.9 cm³/mol. The summed E-state index contributed by atoms with van der Waals surface area (Å²) in [6, 6.07) is 12.0. The van der Waals surface area contributed by atoms with E-state index in [0.717, 1.165) is 35.8 Å². The smallest absolute Gasteiger partial charge is 0.159 e. The van der Waals surface area contributed by atoms with Crippen LogP contribution < -0.4 is 4.90 Å². The summed E-state index contributed by atoms with van der Waals surface area (Å²) in [6.07, 6.45) is 1.01. The molecule has 1 heterocycles. The molecule has 2 aromatic carbocycles. The number of phenols is 1. The highest BCUT2D eigenvalue weighted by Crippen LogP contribution is 2.53. The highest BCUT2D eigenvalue weighted by atomic mass is 35.5. The van der Waals surface area contributed by atoms with Gasteiger partial charge in [0.2, 0.25) is 0 Å². The molecule has 1 aliphatic heterocycles. The third-order valence-corrected chi connectivity index (χ3v) is 5.12. The van der Waals surface area contributed by atoms with E-state index in [4.69, 9.17) is 11.6 Å². The molecule has 0 aliphatic carbocycles. The fourth-order valence-electron chi connectivity index (χ4n) is 2.66. The van der Waals surface area contributed by atoms with E-state index >= 15 is 0 Å². The van der Waals surface area contributed by atoms with Gasteiger partial charge in [-0.2, -0.15) is 0 Å². The number of hydrogen-bond donors (Lipinski definition) is 1. The number of halogens is 1. The summed E-state index contributed by atoms with van der Waals surface area (Å²) in [5.41, 5.74) is 1.96. The Labute approximate surface area is 140 Å². The molecule has 3 rings (SSSR count). The van der Waals surface area contributed by atoms with E-state index in [2.05, 4.69) is 36.0 Å². The van der Waals surface area contributed by atoms with E-state index in [9.17, 15) is 5.11 Å². The third-order valence-electron chi connectivity index (χ3n) is 3.70. The molecule has 2 aromatic rings. The number of para-hydroxylation sites is 1. The molecule has 0 aromatic heterocycles. The molecule has 22 heavy (non-hydrogen) atoms. The van der Waals surface area contributed by atoms with Gasteiger partial charge in [-0.3, -0.25) is 0 Å². The van der Waals surface area contributed by atoms with E-state index in [1.54, 1.807) is 17.8 Å². The Bertz CT molecular complexity index is 690. The fourth-order valence-corrected chi connectivity index (χ4v) is 3.92. The molecule has 116 valence electrons. The lowest BCUT2D eigenvalue weighted by Crippen LogP contribution is -2.25. The molecular weight excluding hydrogens is 316 g/mol. The van der Waals surface area contributed by atoms with Crippen LogP contribution in [0.5, 0.6) is 5.75 Å². The van der Waals surface area contributed by atoms with Crippen molar-refractivity contribution in [2.24, 2.45) is 0 Å². The zero-order valence-electron chi connectivity index (χ0n) is 12.7. The average Bonchev–Trinajstić information content (AvgIpc) is 2.50. The quantitative estimate of drug-likeness (QED) is 0.884. The first-order chi connectivity index (χ1) is 10.6. The largest absolute Gasteiger partial charge is 0.504 e. The minimum absolute atomic E-state index is 0.172. The van der Waals surface area contributed by atoms with Crippen LogP contribution in [-0.4, -0.2) is 37.2 Å². The predicted octanol–water partition coefficient (Wildman–Crippen LogP) is 4.60. The Kier molecular flexibility index (Phi) is 4.52. The maximum absolute atomic E-state index is 10.5. The van der Waals surface area contributed by atoms with Crippen molar-refractivity contribution in [3.63, 3.8) is 0 Å². The zero-order chi connectivity index (χ0) is 15.7. The number of anilines is 2. The second kappa shape index (κ2) is 6.41. The molecule has 0 radical (unpaired) electrons. The SMILES string of the molecule is CN(C)CCCN1c2ccccc2Sc2ccc(Cl)c(O)c21. The lowest BCUT2D eigenvalue weighted by atomic mass is 10.2. The maximum Gasteiger partial charge on any atom is 0.159 e. The molecular formula is C17H19ClN2OS. The standard InChI is InChI=1S/C17H19ClN2OS/c1-19(2)10-5-11-20-13-6-3-4-7-14(13)22-15-9-8-12(18)17(21)16(15)20/h3-4,6-9,21H,5,10-11H2,1-2H3. The van der Waals surface area contributed by atoms with Crippen LogP contribution in [0.25, 0.3) is 0 Å². The first-order valence-corrected chi connectivity index (χ1v) is 8.48. The minimum Gasteiger partial charge on any atom is -0.504 e. The van der Waals surface area contributed by atoms with Crippen LogP contribution in [0.1, 0.15) is 6.42 Å². The van der Waals surface area contributed by atoms with E-state index in [-0.39, 0.29) is 5.75 Å². The maximum atomic E-state index is 10.5. The lowest BCUT2D eigenvalue weighted by molar-refractivity contribution is 0.402. The van der Waals surface area contributed by atoms with Gasteiger partial charge in [0.1, 0.15) is 0 Å². The number of phenolic OH excluding ortho intramolecular Hbond substituents is 1. The molecule has 0 saturated carbocycles. The molecule has 1 aliphatic rings. The second-order valence-electron chi connectivity index (χ2n) is 5.62. The molecule has 0 spiro atoms. The minimum atomic E-state index is 0.172. The van der Waals surface area contributed by atoms with Gasteiger partial charge in [0, 0.05) is 16.3 Å². The summed E-state index contributed by atoms with van der Waals surface area (Å²) in [7, 11) is 4.14. The molecule has 0 atom stereocenters. The van der Waals surface area contributed by atoms with Gasteiger partial charge in [-0.05, 0) is 51.3 Å². The number of nitrogens with zero attached hydrogens (tertiary/aromatic N) is 2. The number of aromatic hydroxyl groups is 1. The molecule has 3 nitrogen and oxygen atoms in total. The highest BCUT2D eigenvalue weighted by Gasteiger charge is 2.26. The number of benzene rings is 2. The Hall–Kier alpha value is -1.36. The molecule has 0 saturated heterocycles. The number of rotatable bonds is 4. The van der Waals surface area contributed by atoms with Crippen LogP contribution in [0.2, 0.25) is 5.02 Å². The van der Waals surface area contributed by atoms with Crippen LogP contribution in [-0.2, 0) is 0 Å². The van der Waals surface area contributed by atoms with Crippen molar-refractivity contribution in [2.75, 3.05) is 32.1 Å². The molecule has 0 amide bonds. The summed E-state index contributed by atoms with van der Waals surface area (Å²) in [5, 5.41) is 10.8. The van der Waals surface area contributed by atoms with Crippen LogP contribution in [0.3, 0.4) is 0 Å². The normalized spacial score (nSPS) is 13.2. The van der Waals surface area contributed by atoms with Crippen molar-refractivity contribution in [3.05, 3.63) is 41.4 Å². The van der Waals surface area contributed by atoms with E-state index in [0.29, 0.717) is 5.02 Å². The summed E-state index contributed by atoms with van der Waals surface area (Å²) in [6.45, 7) is 1.85. The summed E-state index contributed by atoms with van der Waals surface area (Å²) >= 11 is 7.81. The Morgan fingerprint density at radius 1 is 1.14 bits per heavy atom. The van der Waals surface area contributed by atoms with Gasteiger partial charge in [0.25, 0.3) is 0 Å². The van der Waals surface area contributed by atoms with Crippen molar-refractivity contribution >= 4 is 34.7 Å². The summed E-state index contributed by atoms with van der Waals surface area (Å²) < 4.78 is 0. The van der Waals surface area contributed by atoms with E-state index in [1.807, 2.05) is 18.2 Å². The summed E-state index contributed by atoms with van der Waals surface area (Å²) in [5.74, 6) is 0.172. The van der Waals surface area contributed by atoms with Gasteiger partial charge < -0.3 is 14.9 Å². The van der Waals surface area contributed by atoms with Gasteiger partial charge in [0.05, 0.1) is 16.4 Å². The van der Waals surface area contributed by atoms with Crippen molar-refractivity contribution < 1.29 is 5.11 Å². The van der Waals surface area contributed by atoms with Crippen molar-refractivity contribution in [3.8, 4) is 5.75 Å². The van der Waals surface area contributed by atoms with Gasteiger partial charge in [-0.25, -0.2) is 0 Å². The number of fused-ring (bicyclic) bond motifs is 2. The topological polar surface area (TPSA) is 26.7 Å². The van der Waals surface area contributed by atoms with Crippen molar-refractivity contribution in [1.29, 1.82) is 0 Å². The monoisotopic (exact) mass is 334 g/mol. The zero-order valence-corrected chi connectivity index (χ0v) is 14.3. The third kappa shape index (κ3) is 2.91. The van der Waals surface area contributed by atoms with Gasteiger partial charge in [-0.15, -0.1) is 0 Å². The van der Waals surface area contributed by atoms with E-state index in [1.165, 1.54) is 4.90 Å². The Morgan fingerprint density at radius 3 is 2.68 bits per heavy atom. The molecule has 5 heteroatoms.